The molecule has 0 atom stereocenters. The molecule has 2 aliphatic heterocycles. The summed E-state index contributed by atoms with van der Waals surface area (Å²) in [6, 6.07) is 0. The number of carbonyl (C=O) groups is 1. The minimum atomic E-state index is 0.200. The van der Waals surface area contributed by atoms with Crippen LogP contribution < -0.4 is 10.6 Å². The zero-order valence-electron chi connectivity index (χ0n) is 11.7. The van der Waals surface area contributed by atoms with Gasteiger partial charge in [0, 0.05) is 13.0 Å². The molecule has 2 heterocycles. The summed E-state index contributed by atoms with van der Waals surface area (Å²) in [5.74, 6) is 3.24. The third-order valence-electron chi connectivity index (χ3n) is 3.88. The molecule has 0 aromatic heterocycles. The number of thioether (sulfide) groups is 1. The largest absolute Gasteiger partial charge is 0.376 e. The molecule has 0 unspecified atom stereocenters. The number of hydrogen-bond acceptors (Lipinski definition) is 4. The smallest absolute Gasteiger partial charge is 0.220 e. The van der Waals surface area contributed by atoms with E-state index < -0.39 is 0 Å². The topological polar surface area (TPSA) is 50.4 Å². The minimum absolute atomic E-state index is 0.200. The maximum atomic E-state index is 11.8. The van der Waals surface area contributed by atoms with E-state index in [2.05, 4.69) is 10.6 Å². The second-order valence-electron chi connectivity index (χ2n) is 5.43. The fraction of sp³-hybridized carbons (Fsp3) is 0.929. The van der Waals surface area contributed by atoms with Crippen molar-refractivity contribution in [3.8, 4) is 0 Å². The van der Waals surface area contributed by atoms with E-state index >= 15 is 0 Å². The summed E-state index contributed by atoms with van der Waals surface area (Å²) in [5, 5.41) is 6.30. The number of nitrogens with one attached hydrogen (secondary N) is 2. The molecule has 2 rings (SSSR count). The zero-order valence-corrected chi connectivity index (χ0v) is 12.5. The Kier molecular flexibility index (Phi) is 7.03. The number of piperidine rings is 1. The SMILES string of the molecule is O=C(CC1CCSCC1)NCCOC1CCNCC1. The first kappa shape index (κ1) is 15.1. The molecule has 0 bridgehead atoms. The molecule has 2 N–H and O–H groups in total. The lowest BCUT2D eigenvalue weighted by atomic mass is 9.98. The van der Waals surface area contributed by atoms with Crippen LogP contribution in [0.5, 0.6) is 0 Å². The summed E-state index contributed by atoms with van der Waals surface area (Å²) in [6.45, 7) is 3.41. The highest BCUT2D eigenvalue weighted by atomic mass is 32.2. The third-order valence-corrected chi connectivity index (χ3v) is 4.93. The Morgan fingerprint density at radius 2 is 1.95 bits per heavy atom. The molecule has 110 valence electrons. The maximum absolute atomic E-state index is 11.8. The van der Waals surface area contributed by atoms with Crippen LogP contribution in [0, 0.1) is 5.92 Å². The van der Waals surface area contributed by atoms with Crippen molar-refractivity contribution in [3.05, 3.63) is 0 Å². The summed E-state index contributed by atoms with van der Waals surface area (Å²) in [4.78, 5) is 11.8. The Labute approximate surface area is 120 Å². The lowest BCUT2D eigenvalue weighted by Gasteiger charge is -2.23. The van der Waals surface area contributed by atoms with Crippen LogP contribution >= 0.6 is 11.8 Å². The highest BCUT2D eigenvalue weighted by Crippen LogP contribution is 2.24. The first-order chi connectivity index (χ1) is 9.34. The molecule has 2 fully saturated rings. The average Bonchev–Trinajstić information content (AvgIpc) is 2.46. The van der Waals surface area contributed by atoms with Crippen molar-refractivity contribution in [1.82, 2.24) is 10.6 Å². The Morgan fingerprint density at radius 3 is 2.68 bits per heavy atom. The Morgan fingerprint density at radius 1 is 1.21 bits per heavy atom. The van der Waals surface area contributed by atoms with Crippen LogP contribution in [0.2, 0.25) is 0 Å². The van der Waals surface area contributed by atoms with Crippen LogP contribution in [0.4, 0.5) is 0 Å². The summed E-state index contributed by atoms with van der Waals surface area (Å²) < 4.78 is 5.77. The quantitative estimate of drug-likeness (QED) is 0.725. The molecule has 19 heavy (non-hydrogen) atoms. The van der Waals surface area contributed by atoms with Gasteiger partial charge >= 0.3 is 0 Å². The fourth-order valence-electron chi connectivity index (χ4n) is 2.66. The molecule has 0 aromatic rings. The molecule has 0 aliphatic carbocycles. The second-order valence-corrected chi connectivity index (χ2v) is 6.65. The van der Waals surface area contributed by atoms with Crippen LogP contribution in [-0.2, 0) is 9.53 Å². The molecule has 0 radical (unpaired) electrons. The van der Waals surface area contributed by atoms with Gasteiger partial charge in [-0.2, -0.15) is 11.8 Å². The molecule has 0 spiro atoms. The van der Waals surface area contributed by atoms with E-state index in [9.17, 15) is 4.79 Å². The van der Waals surface area contributed by atoms with Crippen LogP contribution in [0.25, 0.3) is 0 Å². The maximum Gasteiger partial charge on any atom is 0.220 e. The van der Waals surface area contributed by atoms with Gasteiger partial charge in [0.15, 0.2) is 0 Å². The molecular weight excluding hydrogens is 260 g/mol. The third kappa shape index (κ3) is 6.15. The predicted molar refractivity (Wildman–Crippen MR) is 79.5 cm³/mol. The predicted octanol–water partition coefficient (Wildman–Crippen LogP) is 1.40. The number of hydrogen-bond donors (Lipinski definition) is 2. The van der Waals surface area contributed by atoms with Gasteiger partial charge in [0.1, 0.15) is 0 Å². The van der Waals surface area contributed by atoms with Gasteiger partial charge in [0.2, 0.25) is 5.91 Å². The summed E-state index contributed by atoms with van der Waals surface area (Å²) in [7, 11) is 0. The van der Waals surface area contributed by atoms with Crippen molar-refractivity contribution >= 4 is 17.7 Å². The van der Waals surface area contributed by atoms with Gasteiger partial charge in [-0.25, -0.2) is 0 Å². The minimum Gasteiger partial charge on any atom is -0.376 e. The molecule has 0 aromatic carbocycles. The van der Waals surface area contributed by atoms with Gasteiger partial charge in [-0.15, -0.1) is 0 Å². The monoisotopic (exact) mass is 286 g/mol. The summed E-state index contributed by atoms with van der Waals surface area (Å²) in [5.41, 5.74) is 0. The normalized spacial score (nSPS) is 22.3. The number of ether oxygens (including phenoxy) is 1. The van der Waals surface area contributed by atoms with E-state index in [1.807, 2.05) is 11.8 Å². The van der Waals surface area contributed by atoms with Crippen molar-refractivity contribution < 1.29 is 9.53 Å². The van der Waals surface area contributed by atoms with Crippen molar-refractivity contribution in [2.24, 2.45) is 5.92 Å². The van der Waals surface area contributed by atoms with Gasteiger partial charge in [-0.3, -0.25) is 4.79 Å². The van der Waals surface area contributed by atoms with Crippen LogP contribution in [0.3, 0.4) is 0 Å². The van der Waals surface area contributed by atoms with E-state index in [4.69, 9.17) is 4.74 Å². The lowest BCUT2D eigenvalue weighted by Crippen LogP contribution is -2.35. The van der Waals surface area contributed by atoms with E-state index in [0.717, 1.165) is 25.9 Å². The van der Waals surface area contributed by atoms with Gasteiger partial charge in [0.05, 0.1) is 12.7 Å². The van der Waals surface area contributed by atoms with Gasteiger partial charge in [-0.05, 0) is 56.2 Å². The Hall–Kier alpha value is -0.260. The Bertz CT molecular complexity index is 264. The molecule has 2 saturated heterocycles. The molecular formula is C14H26N2O2S. The van der Waals surface area contributed by atoms with Crippen molar-refractivity contribution in [2.45, 2.75) is 38.2 Å². The Balaban J connectivity index is 1.48. The highest BCUT2D eigenvalue weighted by Gasteiger charge is 2.17. The van der Waals surface area contributed by atoms with E-state index in [1.54, 1.807) is 0 Å². The fourth-order valence-corrected chi connectivity index (χ4v) is 3.87. The summed E-state index contributed by atoms with van der Waals surface area (Å²) >= 11 is 2.01. The second kappa shape index (κ2) is 8.82. The highest BCUT2D eigenvalue weighted by molar-refractivity contribution is 7.99. The zero-order chi connectivity index (χ0) is 13.3. The molecule has 5 heteroatoms. The van der Waals surface area contributed by atoms with Gasteiger partial charge in [-0.1, -0.05) is 0 Å². The van der Waals surface area contributed by atoms with Gasteiger partial charge < -0.3 is 15.4 Å². The van der Waals surface area contributed by atoms with Gasteiger partial charge in [0.25, 0.3) is 0 Å². The van der Waals surface area contributed by atoms with E-state index in [0.29, 0.717) is 31.6 Å². The van der Waals surface area contributed by atoms with Crippen LogP contribution in [0.1, 0.15) is 32.1 Å². The van der Waals surface area contributed by atoms with E-state index in [1.165, 1.54) is 24.3 Å². The molecule has 1 amide bonds. The number of carbonyl (C=O) groups excluding carboxylic acids is 1. The van der Waals surface area contributed by atoms with Crippen molar-refractivity contribution in [3.63, 3.8) is 0 Å². The first-order valence-electron chi connectivity index (χ1n) is 7.51. The molecule has 2 aliphatic rings. The van der Waals surface area contributed by atoms with Crippen molar-refractivity contribution in [2.75, 3.05) is 37.7 Å². The van der Waals surface area contributed by atoms with Crippen LogP contribution in [-0.4, -0.2) is 49.8 Å². The summed E-state index contributed by atoms with van der Waals surface area (Å²) in [6.07, 6.45) is 5.66. The lowest BCUT2D eigenvalue weighted by molar-refractivity contribution is -0.122. The van der Waals surface area contributed by atoms with Crippen LogP contribution in [0.15, 0.2) is 0 Å². The number of rotatable bonds is 6. The standard InChI is InChI=1S/C14H26N2O2S/c17-14(11-12-3-9-19-10-4-12)16-7-8-18-13-1-5-15-6-2-13/h12-13,15H,1-11H2,(H,16,17). The molecule has 0 saturated carbocycles. The van der Waals surface area contributed by atoms with E-state index in [-0.39, 0.29) is 5.91 Å². The molecule has 4 nitrogen and oxygen atoms in total. The average molecular weight is 286 g/mol. The van der Waals surface area contributed by atoms with Crippen molar-refractivity contribution in [1.29, 1.82) is 0 Å². The first-order valence-corrected chi connectivity index (χ1v) is 8.67. The number of amides is 1.